The molecule has 0 fully saturated rings. The Morgan fingerprint density at radius 3 is 2.72 bits per heavy atom. The minimum atomic E-state index is -0.503. The number of allylic oxidation sites excluding steroid dienone is 2. The minimum absolute atomic E-state index is 0.0758. The van der Waals surface area contributed by atoms with Crippen LogP contribution in [0.1, 0.15) is 36.6 Å². The van der Waals surface area contributed by atoms with Crippen LogP contribution in [0.4, 0.5) is 4.79 Å². The van der Waals surface area contributed by atoms with Crippen LogP contribution < -0.4 is 5.32 Å². The Morgan fingerprint density at radius 2 is 2.12 bits per heavy atom. The quantitative estimate of drug-likeness (QED) is 0.804. The number of guanidine groups is 1. The van der Waals surface area contributed by atoms with E-state index in [0.29, 0.717) is 12.5 Å². The van der Waals surface area contributed by atoms with E-state index in [9.17, 15) is 4.79 Å². The third kappa shape index (κ3) is 4.10. The Hall–Kier alpha value is -2.56. The molecule has 5 nitrogen and oxygen atoms in total. The summed E-state index contributed by atoms with van der Waals surface area (Å²) >= 11 is 0. The number of methoxy groups -OCH3 is 1. The Kier molecular flexibility index (Phi) is 6.39. The lowest BCUT2D eigenvalue weighted by Crippen LogP contribution is -2.46. The van der Waals surface area contributed by atoms with Crippen molar-refractivity contribution in [3.05, 3.63) is 60.2 Å². The molecule has 1 N–H and O–H groups in total. The molecule has 0 bridgehead atoms. The van der Waals surface area contributed by atoms with Crippen LogP contribution in [0, 0.1) is 0 Å². The molecule has 0 aromatic heterocycles. The summed E-state index contributed by atoms with van der Waals surface area (Å²) in [7, 11) is 1.35. The zero-order chi connectivity index (χ0) is 18.4. The third-order valence-corrected chi connectivity index (χ3v) is 4.33. The molecule has 1 aliphatic heterocycles. The molecule has 25 heavy (non-hydrogen) atoms. The van der Waals surface area contributed by atoms with Gasteiger partial charge in [-0.1, -0.05) is 30.4 Å². The molecule has 1 atom stereocenters. The Morgan fingerprint density at radius 1 is 1.40 bits per heavy atom. The van der Waals surface area contributed by atoms with Crippen LogP contribution in [0.15, 0.2) is 48.5 Å². The highest BCUT2D eigenvalue weighted by Gasteiger charge is 2.33. The van der Waals surface area contributed by atoms with Crippen molar-refractivity contribution in [3.63, 3.8) is 0 Å². The van der Waals surface area contributed by atoms with Crippen LogP contribution in [-0.4, -0.2) is 36.6 Å². The van der Waals surface area contributed by atoms with Crippen LogP contribution in [0.25, 0.3) is 0 Å². The average Bonchev–Trinajstić information content (AvgIpc) is 3.00. The predicted molar refractivity (Wildman–Crippen MR) is 102 cm³/mol. The third-order valence-electron chi connectivity index (χ3n) is 4.33. The number of benzene rings is 1. The Labute approximate surface area is 150 Å². The van der Waals surface area contributed by atoms with E-state index in [-0.39, 0.29) is 12.1 Å². The second-order valence-corrected chi connectivity index (χ2v) is 6.27. The molecule has 1 heterocycles. The first-order chi connectivity index (χ1) is 12.0. The molecule has 1 aromatic carbocycles. The number of rotatable bonds is 6. The van der Waals surface area contributed by atoms with Gasteiger partial charge in [0, 0.05) is 6.04 Å². The van der Waals surface area contributed by atoms with Gasteiger partial charge in [0.05, 0.1) is 19.7 Å². The van der Waals surface area contributed by atoms with Crippen LogP contribution in [-0.2, 0) is 17.6 Å². The minimum Gasteiger partial charge on any atom is -0.453 e. The fourth-order valence-corrected chi connectivity index (χ4v) is 3.30. The molecule has 0 aliphatic carbocycles. The largest absolute Gasteiger partial charge is 0.453 e. The average molecular weight is 341 g/mol. The first-order valence-corrected chi connectivity index (χ1v) is 8.53. The van der Waals surface area contributed by atoms with Gasteiger partial charge in [0.15, 0.2) is 0 Å². The second-order valence-electron chi connectivity index (χ2n) is 6.27. The molecular formula is C20H27N3O2. The summed E-state index contributed by atoms with van der Waals surface area (Å²) in [6, 6.07) is 6.61. The molecule has 2 rings (SSSR count). The fourth-order valence-electron chi connectivity index (χ4n) is 3.30. The maximum absolute atomic E-state index is 11.6. The standard InChI is InChI=1S/C20H27N3O2/c1-6-9-15-11-8-12-17(16(15)10-7-2)18-13-21-19(22-20(24)25-5)23(18)14(3)4/h6-8,11-12,14,18H,1-2,9-10,13H2,3-5H3,(H,21,22,24). The lowest BCUT2D eigenvalue weighted by Gasteiger charge is -2.33. The van der Waals surface area contributed by atoms with E-state index in [1.807, 2.05) is 12.2 Å². The fraction of sp³-hybridized carbons (Fsp3) is 0.400. The molecule has 0 radical (unpaired) electrons. The number of nitrogens with zero attached hydrogens (tertiary/aromatic N) is 2. The van der Waals surface area contributed by atoms with E-state index in [0.717, 1.165) is 12.8 Å². The van der Waals surface area contributed by atoms with Crippen molar-refractivity contribution in [2.24, 2.45) is 4.99 Å². The smallest absolute Gasteiger partial charge is 0.413 e. The van der Waals surface area contributed by atoms with Crippen molar-refractivity contribution in [2.75, 3.05) is 13.7 Å². The van der Waals surface area contributed by atoms with Crippen molar-refractivity contribution in [1.29, 1.82) is 0 Å². The number of hydrogen-bond acceptors (Lipinski definition) is 4. The van der Waals surface area contributed by atoms with Crippen molar-refractivity contribution in [3.8, 4) is 0 Å². The van der Waals surface area contributed by atoms with E-state index in [4.69, 9.17) is 4.74 Å². The van der Waals surface area contributed by atoms with Gasteiger partial charge < -0.3 is 9.64 Å². The van der Waals surface area contributed by atoms with Crippen LogP contribution >= 0.6 is 0 Å². The van der Waals surface area contributed by atoms with Gasteiger partial charge in [-0.3, -0.25) is 10.3 Å². The van der Waals surface area contributed by atoms with Crippen molar-refractivity contribution in [1.82, 2.24) is 10.2 Å². The highest BCUT2D eigenvalue weighted by Crippen LogP contribution is 2.32. The topological polar surface area (TPSA) is 53.9 Å². The number of hydrogen-bond donors (Lipinski definition) is 1. The molecule has 1 aliphatic rings. The van der Waals surface area contributed by atoms with E-state index >= 15 is 0 Å². The summed E-state index contributed by atoms with van der Waals surface area (Å²) in [5.74, 6) is 0.561. The number of amides is 1. The molecular weight excluding hydrogens is 314 g/mol. The molecule has 0 saturated heterocycles. The molecule has 5 heteroatoms. The van der Waals surface area contributed by atoms with E-state index in [1.165, 1.54) is 23.8 Å². The number of ether oxygens (including phenoxy) is 1. The highest BCUT2D eigenvalue weighted by atomic mass is 16.5. The number of alkyl carbamates (subject to hydrolysis) is 1. The summed E-state index contributed by atoms with van der Waals surface area (Å²) in [6.07, 6.45) is 4.95. The van der Waals surface area contributed by atoms with Gasteiger partial charge in [0.25, 0.3) is 0 Å². The summed E-state index contributed by atoms with van der Waals surface area (Å²) < 4.78 is 4.71. The summed E-state index contributed by atoms with van der Waals surface area (Å²) in [5.41, 5.74) is 3.74. The van der Waals surface area contributed by atoms with Gasteiger partial charge >= 0.3 is 6.09 Å². The normalized spacial score (nSPS) is 16.6. The number of carbonyl (C=O) groups is 1. The predicted octanol–water partition coefficient (Wildman–Crippen LogP) is 3.62. The maximum atomic E-state index is 11.6. The summed E-state index contributed by atoms with van der Waals surface area (Å²) in [5, 5.41) is 2.73. The van der Waals surface area contributed by atoms with Crippen LogP contribution in [0.3, 0.4) is 0 Å². The Balaban J connectivity index is 2.40. The molecule has 0 spiro atoms. The van der Waals surface area contributed by atoms with E-state index < -0.39 is 6.09 Å². The first-order valence-electron chi connectivity index (χ1n) is 8.53. The molecule has 1 aromatic rings. The van der Waals surface area contributed by atoms with Gasteiger partial charge in [0.1, 0.15) is 0 Å². The number of carbonyl (C=O) groups excluding carboxylic acids is 1. The van der Waals surface area contributed by atoms with Gasteiger partial charge in [-0.25, -0.2) is 4.79 Å². The van der Waals surface area contributed by atoms with E-state index in [2.05, 4.69) is 60.4 Å². The van der Waals surface area contributed by atoms with Crippen molar-refractivity contribution < 1.29 is 9.53 Å². The van der Waals surface area contributed by atoms with Gasteiger partial charge in [0.2, 0.25) is 5.96 Å². The first kappa shape index (κ1) is 18.8. The van der Waals surface area contributed by atoms with Gasteiger partial charge in [-0.2, -0.15) is 0 Å². The van der Waals surface area contributed by atoms with Crippen LogP contribution in [0.5, 0.6) is 0 Å². The zero-order valence-electron chi connectivity index (χ0n) is 15.3. The number of aliphatic imine (C=N–C) groups is 1. The van der Waals surface area contributed by atoms with Gasteiger partial charge in [-0.15, -0.1) is 13.2 Å². The summed E-state index contributed by atoms with van der Waals surface area (Å²) in [4.78, 5) is 18.3. The van der Waals surface area contributed by atoms with Crippen molar-refractivity contribution in [2.45, 2.75) is 38.8 Å². The SMILES string of the molecule is C=CCc1cccc(C2CN=C(NC(=O)OC)N2C(C)C)c1CC=C. The number of nitrogens with one attached hydrogen (secondary N) is 1. The molecule has 0 saturated carbocycles. The second kappa shape index (κ2) is 8.51. The lowest BCUT2D eigenvalue weighted by molar-refractivity contribution is 0.174. The Bertz CT molecular complexity index is 680. The molecule has 1 unspecified atom stereocenters. The summed E-state index contributed by atoms with van der Waals surface area (Å²) in [6.45, 7) is 12.5. The molecule has 134 valence electrons. The maximum Gasteiger partial charge on any atom is 0.413 e. The highest BCUT2D eigenvalue weighted by molar-refractivity contribution is 5.95. The zero-order valence-corrected chi connectivity index (χ0v) is 15.3. The van der Waals surface area contributed by atoms with E-state index in [1.54, 1.807) is 0 Å². The van der Waals surface area contributed by atoms with Crippen LogP contribution in [0.2, 0.25) is 0 Å². The molecule has 1 amide bonds. The monoisotopic (exact) mass is 341 g/mol. The van der Waals surface area contributed by atoms with Crippen molar-refractivity contribution >= 4 is 12.1 Å². The van der Waals surface area contributed by atoms with Gasteiger partial charge in [-0.05, 0) is 43.4 Å². The lowest BCUT2D eigenvalue weighted by atomic mass is 9.91.